The Balaban J connectivity index is 2.11. The van der Waals surface area contributed by atoms with Gasteiger partial charge in [-0.05, 0) is 13.8 Å². The number of hydrogen-bond acceptors (Lipinski definition) is 4. The van der Waals surface area contributed by atoms with Gasteiger partial charge in [0.15, 0.2) is 0 Å². The standard InChI is InChI=1S/C11H16N4S/c1-3-15-5-4-13-11(15)9(12)6-10-14-8(2)7-16-10/h4-5,7,9H,3,6,12H2,1-2H3. The van der Waals surface area contributed by atoms with Crippen molar-refractivity contribution in [3.63, 3.8) is 0 Å². The first-order valence-electron chi connectivity index (χ1n) is 5.38. The molecule has 0 spiro atoms. The van der Waals surface area contributed by atoms with Crippen molar-refractivity contribution in [2.24, 2.45) is 5.73 Å². The second-order valence-corrected chi connectivity index (χ2v) is 4.71. The van der Waals surface area contributed by atoms with Gasteiger partial charge in [0.1, 0.15) is 5.82 Å². The molecule has 86 valence electrons. The first-order chi connectivity index (χ1) is 7.70. The third-order valence-electron chi connectivity index (χ3n) is 2.48. The van der Waals surface area contributed by atoms with Crippen LogP contribution in [0.15, 0.2) is 17.8 Å². The monoisotopic (exact) mass is 236 g/mol. The highest BCUT2D eigenvalue weighted by Crippen LogP contribution is 2.17. The molecule has 2 N–H and O–H groups in total. The summed E-state index contributed by atoms with van der Waals surface area (Å²) in [4.78, 5) is 8.72. The van der Waals surface area contributed by atoms with E-state index in [1.807, 2.05) is 18.5 Å². The van der Waals surface area contributed by atoms with Gasteiger partial charge in [-0.25, -0.2) is 9.97 Å². The average molecular weight is 236 g/mol. The van der Waals surface area contributed by atoms with Crippen LogP contribution >= 0.6 is 11.3 Å². The third kappa shape index (κ3) is 2.31. The second-order valence-electron chi connectivity index (χ2n) is 3.76. The molecule has 0 radical (unpaired) electrons. The van der Waals surface area contributed by atoms with Crippen LogP contribution in [0, 0.1) is 6.92 Å². The zero-order valence-corrected chi connectivity index (χ0v) is 10.4. The van der Waals surface area contributed by atoms with Crippen LogP contribution in [0.5, 0.6) is 0 Å². The number of imidazole rings is 1. The summed E-state index contributed by atoms with van der Waals surface area (Å²) in [5.41, 5.74) is 7.20. The van der Waals surface area contributed by atoms with Crippen molar-refractivity contribution < 1.29 is 0 Å². The lowest BCUT2D eigenvalue weighted by molar-refractivity contribution is 0.598. The topological polar surface area (TPSA) is 56.7 Å². The molecule has 0 amide bonds. The Bertz CT molecular complexity index is 460. The Kier molecular flexibility index (Phi) is 3.36. The fourth-order valence-electron chi connectivity index (χ4n) is 1.69. The van der Waals surface area contributed by atoms with Crippen molar-refractivity contribution in [1.29, 1.82) is 0 Å². The maximum absolute atomic E-state index is 6.14. The molecular weight excluding hydrogens is 220 g/mol. The largest absolute Gasteiger partial charge is 0.334 e. The zero-order valence-electron chi connectivity index (χ0n) is 9.55. The van der Waals surface area contributed by atoms with Crippen LogP contribution in [0.25, 0.3) is 0 Å². The number of aryl methyl sites for hydroxylation is 2. The van der Waals surface area contributed by atoms with E-state index in [9.17, 15) is 0 Å². The molecule has 4 nitrogen and oxygen atoms in total. The van der Waals surface area contributed by atoms with Gasteiger partial charge in [0.25, 0.3) is 0 Å². The lowest BCUT2D eigenvalue weighted by Crippen LogP contribution is -2.18. The fourth-order valence-corrected chi connectivity index (χ4v) is 2.52. The van der Waals surface area contributed by atoms with Crippen molar-refractivity contribution in [1.82, 2.24) is 14.5 Å². The van der Waals surface area contributed by atoms with E-state index in [1.54, 1.807) is 17.5 Å². The van der Waals surface area contributed by atoms with Crippen molar-refractivity contribution in [2.75, 3.05) is 0 Å². The van der Waals surface area contributed by atoms with Gasteiger partial charge in [-0.15, -0.1) is 11.3 Å². The van der Waals surface area contributed by atoms with Gasteiger partial charge in [0.05, 0.1) is 11.0 Å². The molecule has 0 aromatic carbocycles. The van der Waals surface area contributed by atoms with E-state index in [1.165, 1.54) is 0 Å². The predicted molar refractivity (Wildman–Crippen MR) is 65.4 cm³/mol. The Morgan fingerprint density at radius 2 is 2.38 bits per heavy atom. The molecular formula is C11H16N4S. The van der Waals surface area contributed by atoms with Gasteiger partial charge < -0.3 is 10.3 Å². The molecule has 0 aliphatic heterocycles. The van der Waals surface area contributed by atoms with Gasteiger partial charge in [-0.3, -0.25) is 0 Å². The van der Waals surface area contributed by atoms with Gasteiger partial charge in [-0.2, -0.15) is 0 Å². The van der Waals surface area contributed by atoms with Crippen LogP contribution in [-0.4, -0.2) is 14.5 Å². The minimum absolute atomic E-state index is 0.0690. The van der Waals surface area contributed by atoms with Gasteiger partial charge >= 0.3 is 0 Å². The Morgan fingerprint density at radius 1 is 1.56 bits per heavy atom. The fraction of sp³-hybridized carbons (Fsp3) is 0.455. The smallest absolute Gasteiger partial charge is 0.126 e. The number of rotatable bonds is 4. The van der Waals surface area contributed by atoms with Crippen molar-refractivity contribution >= 4 is 11.3 Å². The van der Waals surface area contributed by atoms with E-state index in [4.69, 9.17) is 5.73 Å². The van der Waals surface area contributed by atoms with E-state index >= 15 is 0 Å². The van der Waals surface area contributed by atoms with Crippen LogP contribution in [-0.2, 0) is 13.0 Å². The first-order valence-corrected chi connectivity index (χ1v) is 6.26. The molecule has 0 saturated heterocycles. The molecule has 2 aromatic heterocycles. The minimum Gasteiger partial charge on any atom is -0.334 e. The molecule has 16 heavy (non-hydrogen) atoms. The molecule has 0 aliphatic carbocycles. The van der Waals surface area contributed by atoms with Gasteiger partial charge in [0.2, 0.25) is 0 Å². The second kappa shape index (κ2) is 4.76. The minimum atomic E-state index is -0.0690. The number of aromatic nitrogens is 3. The van der Waals surface area contributed by atoms with Crippen LogP contribution in [0.1, 0.15) is 29.5 Å². The zero-order chi connectivity index (χ0) is 11.5. The Morgan fingerprint density at radius 3 is 3.00 bits per heavy atom. The quantitative estimate of drug-likeness (QED) is 0.882. The highest BCUT2D eigenvalue weighted by Gasteiger charge is 2.14. The summed E-state index contributed by atoms with van der Waals surface area (Å²) >= 11 is 1.66. The lowest BCUT2D eigenvalue weighted by atomic mass is 10.2. The van der Waals surface area contributed by atoms with E-state index in [-0.39, 0.29) is 6.04 Å². The maximum Gasteiger partial charge on any atom is 0.126 e. The third-order valence-corrected chi connectivity index (χ3v) is 3.47. The summed E-state index contributed by atoms with van der Waals surface area (Å²) in [6, 6.07) is -0.0690. The SMILES string of the molecule is CCn1ccnc1C(N)Cc1nc(C)cs1. The molecule has 0 fully saturated rings. The molecule has 2 aromatic rings. The van der Waals surface area contributed by atoms with E-state index in [0.29, 0.717) is 0 Å². The van der Waals surface area contributed by atoms with Crippen LogP contribution in [0.4, 0.5) is 0 Å². The highest BCUT2D eigenvalue weighted by atomic mass is 32.1. The molecule has 5 heteroatoms. The number of nitrogens with zero attached hydrogens (tertiary/aromatic N) is 3. The predicted octanol–water partition coefficient (Wildman–Crippen LogP) is 1.91. The highest BCUT2D eigenvalue weighted by molar-refractivity contribution is 7.09. The molecule has 1 unspecified atom stereocenters. The van der Waals surface area contributed by atoms with Crippen molar-refractivity contribution in [3.05, 3.63) is 34.3 Å². The molecule has 0 aliphatic rings. The summed E-state index contributed by atoms with van der Waals surface area (Å²) in [5.74, 6) is 0.940. The first kappa shape index (κ1) is 11.3. The summed E-state index contributed by atoms with van der Waals surface area (Å²) in [7, 11) is 0. The van der Waals surface area contributed by atoms with E-state index in [0.717, 1.165) is 29.5 Å². The Hall–Kier alpha value is -1.20. The molecule has 0 bridgehead atoms. The van der Waals surface area contributed by atoms with Crippen molar-refractivity contribution in [3.8, 4) is 0 Å². The van der Waals surface area contributed by atoms with Crippen LogP contribution in [0.2, 0.25) is 0 Å². The molecule has 2 rings (SSSR count). The summed E-state index contributed by atoms with van der Waals surface area (Å²) < 4.78 is 2.07. The summed E-state index contributed by atoms with van der Waals surface area (Å²) in [6.07, 6.45) is 4.52. The Labute approximate surface area is 99.2 Å². The molecule has 0 saturated carbocycles. The number of nitrogens with two attached hydrogens (primary N) is 1. The van der Waals surface area contributed by atoms with Crippen LogP contribution in [0.3, 0.4) is 0 Å². The van der Waals surface area contributed by atoms with E-state index in [2.05, 4.69) is 21.5 Å². The molecule has 2 heterocycles. The van der Waals surface area contributed by atoms with Crippen molar-refractivity contribution in [2.45, 2.75) is 32.9 Å². The van der Waals surface area contributed by atoms with Gasteiger partial charge in [-0.1, -0.05) is 0 Å². The lowest BCUT2D eigenvalue weighted by Gasteiger charge is -2.11. The number of hydrogen-bond donors (Lipinski definition) is 1. The summed E-state index contributed by atoms with van der Waals surface area (Å²) in [5, 5.41) is 3.13. The number of thiazole rings is 1. The normalized spacial score (nSPS) is 12.9. The maximum atomic E-state index is 6.14. The van der Waals surface area contributed by atoms with Crippen LogP contribution < -0.4 is 5.73 Å². The summed E-state index contributed by atoms with van der Waals surface area (Å²) in [6.45, 7) is 4.99. The molecule has 1 atom stereocenters. The van der Waals surface area contributed by atoms with E-state index < -0.39 is 0 Å². The van der Waals surface area contributed by atoms with Gasteiger partial charge in [0, 0.05) is 36.4 Å². The average Bonchev–Trinajstić information content (AvgIpc) is 2.86.